The molecule has 146 valence electrons. The van der Waals surface area contributed by atoms with Crippen LogP contribution in [0.15, 0.2) is 29.2 Å². The molecule has 0 bridgehead atoms. The molecule has 26 heavy (non-hydrogen) atoms. The van der Waals surface area contributed by atoms with E-state index in [1.807, 2.05) is 0 Å². The van der Waals surface area contributed by atoms with E-state index in [9.17, 15) is 17.9 Å². The highest BCUT2D eigenvalue weighted by Gasteiger charge is 2.33. The number of ether oxygens (including phenoxy) is 1. The first kappa shape index (κ1) is 19.7. The molecule has 0 saturated carbocycles. The van der Waals surface area contributed by atoms with E-state index >= 15 is 0 Å². The molecule has 0 spiro atoms. The predicted octanol–water partition coefficient (Wildman–Crippen LogP) is -3.01. The van der Waals surface area contributed by atoms with Crippen LogP contribution >= 0.6 is 0 Å². The van der Waals surface area contributed by atoms with E-state index in [4.69, 9.17) is 4.74 Å². The molecular weight excluding hydrogens is 361 g/mol. The average Bonchev–Trinajstić information content (AvgIpc) is 2.63. The first-order valence-corrected chi connectivity index (χ1v) is 10.6. The summed E-state index contributed by atoms with van der Waals surface area (Å²) in [6, 6.07) is 5.48. The summed E-state index contributed by atoms with van der Waals surface area (Å²) >= 11 is 0. The Kier molecular flexibility index (Phi) is 6.60. The van der Waals surface area contributed by atoms with Gasteiger partial charge in [-0.2, -0.15) is 4.31 Å². The molecule has 0 amide bonds. The van der Waals surface area contributed by atoms with Crippen molar-refractivity contribution in [3.63, 3.8) is 0 Å². The Morgan fingerprint density at radius 1 is 1.08 bits per heavy atom. The van der Waals surface area contributed by atoms with Gasteiger partial charge in [0.25, 0.3) is 0 Å². The summed E-state index contributed by atoms with van der Waals surface area (Å²) in [5.41, 5.74) is 0. The third-order valence-corrected chi connectivity index (χ3v) is 7.06. The standard InChI is InChI=1S/C17H26FN3O4S/c18-16-3-1-2-4-17(16)26(23,24)21-7-5-19(6-8-21)13-15(22)14-20-9-11-25-12-10-20/h1-4,15,22H,5-14H2/p+2/t15-/m1/s1. The van der Waals surface area contributed by atoms with Crippen molar-refractivity contribution in [1.29, 1.82) is 0 Å². The molecule has 0 aliphatic carbocycles. The Hall–Kier alpha value is -1.10. The van der Waals surface area contributed by atoms with Gasteiger partial charge < -0.3 is 19.6 Å². The van der Waals surface area contributed by atoms with Crippen LogP contribution < -0.4 is 9.80 Å². The molecule has 0 unspecified atom stereocenters. The maximum absolute atomic E-state index is 13.9. The molecule has 3 rings (SSSR count). The zero-order valence-electron chi connectivity index (χ0n) is 14.9. The summed E-state index contributed by atoms with van der Waals surface area (Å²) in [6.07, 6.45) is -0.409. The summed E-state index contributed by atoms with van der Waals surface area (Å²) in [5, 5.41) is 10.3. The monoisotopic (exact) mass is 389 g/mol. The number of halogens is 1. The second kappa shape index (κ2) is 8.73. The van der Waals surface area contributed by atoms with Crippen molar-refractivity contribution in [1.82, 2.24) is 4.31 Å². The molecule has 2 heterocycles. The summed E-state index contributed by atoms with van der Waals surface area (Å²) < 4.78 is 45.7. The van der Waals surface area contributed by atoms with Crippen LogP contribution in [0, 0.1) is 5.82 Å². The molecular formula is C17H28FN3O4S+2. The highest BCUT2D eigenvalue weighted by Crippen LogP contribution is 2.18. The van der Waals surface area contributed by atoms with Gasteiger partial charge in [0, 0.05) is 0 Å². The second-order valence-corrected chi connectivity index (χ2v) is 8.92. The number of rotatable bonds is 6. The lowest BCUT2D eigenvalue weighted by atomic mass is 10.2. The molecule has 7 nitrogen and oxygen atoms in total. The number of quaternary nitrogens is 2. The largest absolute Gasteiger partial charge is 0.382 e. The fourth-order valence-electron chi connectivity index (χ4n) is 3.64. The van der Waals surface area contributed by atoms with Crippen LogP contribution in [0.4, 0.5) is 4.39 Å². The summed E-state index contributed by atoms with van der Waals surface area (Å²) in [4.78, 5) is 2.27. The van der Waals surface area contributed by atoms with Crippen molar-refractivity contribution in [3.8, 4) is 0 Å². The Bertz CT molecular complexity index is 689. The molecule has 1 atom stereocenters. The van der Waals surface area contributed by atoms with Crippen LogP contribution in [0.3, 0.4) is 0 Å². The van der Waals surface area contributed by atoms with E-state index in [0.717, 1.165) is 26.3 Å². The van der Waals surface area contributed by atoms with Gasteiger partial charge in [-0.25, -0.2) is 12.8 Å². The fraction of sp³-hybridized carbons (Fsp3) is 0.647. The minimum atomic E-state index is -3.80. The average molecular weight is 389 g/mol. The lowest BCUT2D eigenvalue weighted by molar-refractivity contribution is -0.930. The SMILES string of the molecule is O=S(=O)(c1ccccc1F)N1CC[NH+](C[C@@H](O)C[NH+]2CCOCC2)CC1. The number of nitrogens with zero attached hydrogens (tertiary/aromatic N) is 1. The zero-order chi connectivity index (χ0) is 18.6. The molecule has 2 aliphatic heterocycles. The van der Waals surface area contributed by atoms with Crippen LogP contribution in [-0.2, 0) is 14.8 Å². The Morgan fingerprint density at radius 2 is 1.65 bits per heavy atom. The summed E-state index contributed by atoms with van der Waals surface area (Å²) in [6.45, 7) is 6.52. The number of sulfonamides is 1. The van der Waals surface area contributed by atoms with Gasteiger partial charge in [-0.05, 0) is 12.1 Å². The van der Waals surface area contributed by atoms with Crippen LogP contribution in [0.2, 0.25) is 0 Å². The lowest BCUT2D eigenvalue weighted by Crippen LogP contribution is -3.19. The number of benzene rings is 1. The Morgan fingerprint density at radius 3 is 2.27 bits per heavy atom. The summed E-state index contributed by atoms with van der Waals surface area (Å²) in [7, 11) is -3.80. The van der Waals surface area contributed by atoms with Crippen LogP contribution in [0.1, 0.15) is 0 Å². The number of aliphatic hydroxyl groups is 1. The predicted molar refractivity (Wildman–Crippen MR) is 93.1 cm³/mol. The lowest BCUT2D eigenvalue weighted by Gasteiger charge is -2.33. The number of hydrogen-bond acceptors (Lipinski definition) is 4. The number of morpholine rings is 1. The van der Waals surface area contributed by atoms with Crippen molar-refractivity contribution in [2.45, 2.75) is 11.0 Å². The maximum Gasteiger partial charge on any atom is 0.246 e. The summed E-state index contributed by atoms with van der Waals surface area (Å²) in [5.74, 6) is -0.716. The van der Waals surface area contributed by atoms with Crippen molar-refractivity contribution >= 4 is 10.0 Å². The number of piperazine rings is 1. The van der Waals surface area contributed by atoms with E-state index in [2.05, 4.69) is 0 Å². The van der Waals surface area contributed by atoms with Crippen molar-refractivity contribution < 1.29 is 32.5 Å². The van der Waals surface area contributed by atoms with Gasteiger partial charge in [-0.3, -0.25) is 0 Å². The highest BCUT2D eigenvalue weighted by molar-refractivity contribution is 7.89. The van der Waals surface area contributed by atoms with Crippen molar-refractivity contribution in [2.75, 3.05) is 65.6 Å². The van der Waals surface area contributed by atoms with E-state index in [1.165, 1.54) is 38.4 Å². The van der Waals surface area contributed by atoms with E-state index < -0.39 is 21.9 Å². The van der Waals surface area contributed by atoms with Gasteiger partial charge in [-0.15, -0.1) is 0 Å². The van der Waals surface area contributed by atoms with Gasteiger partial charge in [-0.1, -0.05) is 12.1 Å². The van der Waals surface area contributed by atoms with Crippen molar-refractivity contribution in [2.24, 2.45) is 0 Å². The van der Waals surface area contributed by atoms with Gasteiger partial charge in [0.1, 0.15) is 36.9 Å². The number of aliphatic hydroxyl groups excluding tert-OH is 1. The minimum Gasteiger partial charge on any atom is -0.382 e. The molecule has 0 radical (unpaired) electrons. The normalized spacial score (nSPS) is 22.4. The molecule has 1 aromatic rings. The molecule has 9 heteroatoms. The first-order valence-electron chi connectivity index (χ1n) is 9.14. The molecule has 2 saturated heterocycles. The first-order chi connectivity index (χ1) is 12.5. The molecule has 0 aromatic heterocycles. The van der Waals surface area contributed by atoms with Gasteiger partial charge in [0.2, 0.25) is 10.0 Å². The minimum absolute atomic E-state index is 0.264. The van der Waals surface area contributed by atoms with Crippen LogP contribution in [0.25, 0.3) is 0 Å². The maximum atomic E-state index is 13.9. The fourth-order valence-corrected chi connectivity index (χ4v) is 5.15. The number of nitrogens with one attached hydrogen (secondary N) is 2. The molecule has 3 N–H and O–H groups in total. The number of hydrogen-bond donors (Lipinski definition) is 3. The molecule has 2 aliphatic rings. The molecule has 2 fully saturated rings. The quantitative estimate of drug-likeness (QED) is 0.485. The van der Waals surface area contributed by atoms with Crippen LogP contribution in [-0.4, -0.2) is 89.5 Å². The smallest absolute Gasteiger partial charge is 0.246 e. The highest BCUT2D eigenvalue weighted by atomic mass is 32.2. The zero-order valence-corrected chi connectivity index (χ0v) is 15.7. The van der Waals surface area contributed by atoms with Gasteiger partial charge in [0.15, 0.2) is 6.10 Å². The Labute approximate surface area is 154 Å². The van der Waals surface area contributed by atoms with E-state index in [1.54, 1.807) is 0 Å². The van der Waals surface area contributed by atoms with E-state index in [0.29, 0.717) is 39.3 Å². The third kappa shape index (κ3) is 4.79. The Balaban J connectivity index is 1.50. The van der Waals surface area contributed by atoms with Gasteiger partial charge in [0.05, 0.1) is 39.4 Å². The third-order valence-electron chi connectivity index (χ3n) is 5.13. The van der Waals surface area contributed by atoms with Crippen molar-refractivity contribution in [3.05, 3.63) is 30.1 Å². The van der Waals surface area contributed by atoms with E-state index in [-0.39, 0.29) is 4.90 Å². The topological polar surface area (TPSA) is 75.7 Å². The second-order valence-electron chi connectivity index (χ2n) is 7.01. The van der Waals surface area contributed by atoms with Crippen LogP contribution in [0.5, 0.6) is 0 Å². The van der Waals surface area contributed by atoms with Gasteiger partial charge >= 0.3 is 0 Å². The molecule has 1 aromatic carbocycles.